The van der Waals surface area contributed by atoms with Gasteiger partial charge >= 0.3 is 0 Å². The number of rotatable bonds is 4. The molecule has 0 saturated heterocycles. The molecule has 0 bridgehead atoms. The second-order valence-electron chi connectivity index (χ2n) is 6.56. The normalized spacial score (nSPS) is 12.8. The van der Waals surface area contributed by atoms with Gasteiger partial charge in [0.2, 0.25) is 7.59 Å². The Bertz CT molecular complexity index is 808. The molecule has 28 heavy (non-hydrogen) atoms. The molecule has 0 spiro atoms. The molecule has 0 atom stereocenters. The first kappa shape index (κ1) is 24.5. The predicted molar refractivity (Wildman–Crippen MR) is 124 cm³/mol. The first-order valence-corrected chi connectivity index (χ1v) is 11.3. The lowest BCUT2D eigenvalue weighted by Gasteiger charge is -2.34. The summed E-state index contributed by atoms with van der Waals surface area (Å²) in [6.07, 6.45) is 0. The lowest BCUT2D eigenvalue weighted by Crippen LogP contribution is -2.37. The third kappa shape index (κ3) is 5.90. The van der Waals surface area contributed by atoms with Crippen LogP contribution in [0.25, 0.3) is 11.4 Å². The summed E-state index contributed by atoms with van der Waals surface area (Å²) in [7, 11) is 0. The highest BCUT2D eigenvalue weighted by molar-refractivity contribution is 9.10. The third-order valence-corrected chi connectivity index (χ3v) is 5.39. The van der Waals surface area contributed by atoms with Crippen molar-refractivity contribution in [2.24, 2.45) is 0 Å². The van der Waals surface area contributed by atoms with Crippen LogP contribution in [-0.4, -0.2) is 27.0 Å². The van der Waals surface area contributed by atoms with Crippen LogP contribution in [0.2, 0.25) is 0 Å². The molecule has 0 radical (unpaired) electrons. The fraction of sp³-hybridized carbons (Fsp3) is 0.471. The smallest absolute Gasteiger partial charge is 0.250 e. The average Bonchev–Trinajstić information content (AvgIpc) is 2.54. The number of benzene rings is 1. The van der Waals surface area contributed by atoms with Crippen LogP contribution in [0.1, 0.15) is 39.3 Å². The summed E-state index contributed by atoms with van der Waals surface area (Å²) in [5.41, 5.74) is 1.68. The van der Waals surface area contributed by atoms with Gasteiger partial charge < -0.3 is 4.90 Å². The zero-order valence-electron chi connectivity index (χ0n) is 15.3. The standard InChI is InChI=1S/C17H17BrCl6N4/c1-8(2)28(9(3)4)12-6-5-10(7-11(12)18)13-25-14(16(19,20)21)27-15(26-13)17(22,23)24/h5-9H,1-4H3. The van der Waals surface area contributed by atoms with Crippen molar-refractivity contribution in [2.45, 2.75) is 47.4 Å². The Kier molecular flexibility index (Phi) is 8.03. The van der Waals surface area contributed by atoms with E-state index in [1.807, 2.05) is 18.2 Å². The Morgan fingerprint density at radius 2 is 1.29 bits per heavy atom. The van der Waals surface area contributed by atoms with Gasteiger partial charge in [0, 0.05) is 22.1 Å². The van der Waals surface area contributed by atoms with Crippen molar-refractivity contribution >= 4 is 91.2 Å². The minimum atomic E-state index is -1.90. The van der Waals surface area contributed by atoms with Crippen molar-refractivity contribution in [3.05, 3.63) is 34.3 Å². The van der Waals surface area contributed by atoms with E-state index in [9.17, 15) is 0 Å². The SMILES string of the molecule is CC(C)N(c1ccc(-c2nc(C(Cl)(Cl)Cl)nc(C(Cl)(Cl)Cl)n2)cc1Br)C(C)C. The third-order valence-electron chi connectivity index (χ3n) is 3.74. The summed E-state index contributed by atoms with van der Waals surface area (Å²) in [4.78, 5) is 14.8. The van der Waals surface area contributed by atoms with Crippen LogP contribution in [0.4, 0.5) is 5.69 Å². The van der Waals surface area contributed by atoms with E-state index in [4.69, 9.17) is 69.6 Å². The monoisotopic (exact) mass is 566 g/mol. The Morgan fingerprint density at radius 3 is 1.64 bits per heavy atom. The van der Waals surface area contributed by atoms with Crippen LogP contribution < -0.4 is 4.90 Å². The molecule has 2 rings (SSSR count). The first-order valence-electron chi connectivity index (χ1n) is 8.20. The predicted octanol–water partition coefficient (Wildman–Crippen LogP) is 7.58. The zero-order valence-corrected chi connectivity index (χ0v) is 21.4. The Labute approximate surface area is 203 Å². The lowest BCUT2D eigenvalue weighted by atomic mass is 10.1. The molecule has 4 nitrogen and oxygen atoms in total. The molecule has 1 heterocycles. The maximum atomic E-state index is 5.94. The number of anilines is 1. The van der Waals surface area contributed by atoms with E-state index < -0.39 is 7.59 Å². The molecule has 0 aliphatic heterocycles. The Hall–Kier alpha value is 0.250. The molecule has 1 aromatic carbocycles. The molecular weight excluding hydrogens is 553 g/mol. The van der Waals surface area contributed by atoms with E-state index >= 15 is 0 Å². The molecule has 2 aromatic rings. The number of halogens is 7. The fourth-order valence-electron chi connectivity index (χ4n) is 2.77. The zero-order chi connectivity index (χ0) is 21.4. The Balaban J connectivity index is 2.60. The number of aromatic nitrogens is 3. The van der Waals surface area contributed by atoms with Gasteiger partial charge in [0.25, 0.3) is 0 Å². The largest absolute Gasteiger partial charge is 0.366 e. The number of alkyl halides is 6. The van der Waals surface area contributed by atoms with Crippen molar-refractivity contribution in [3.63, 3.8) is 0 Å². The van der Waals surface area contributed by atoms with Gasteiger partial charge in [-0.3, -0.25) is 0 Å². The molecule has 154 valence electrons. The molecule has 0 aliphatic rings. The van der Waals surface area contributed by atoms with Crippen LogP contribution in [-0.2, 0) is 7.59 Å². The highest BCUT2D eigenvalue weighted by Gasteiger charge is 2.34. The fourth-order valence-corrected chi connectivity index (χ4v) is 3.86. The molecule has 1 aromatic heterocycles. The summed E-state index contributed by atoms with van der Waals surface area (Å²) in [5.74, 6) is -0.0319. The van der Waals surface area contributed by atoms with Crippen molar-refractivity contribution in [2.75, 3.05) is 4.90 Å². The maximum absolute atomic E-state index is 5.94. The van der Waals surface area contributed by atoms with E-state index in [0.717, 1.165) is 10.2 Å². The molecule has 11 heteroatoms. The summed E-state index contributed by atoms with van der Waals surface area (Å²) in [6.45, 7) is 8.53. The van der Waals surface area contributed by atoms with Gasteiger partial charge in [0.05, 0.1) is 5.69 Å². The van der Waals surface area contributed by atoms with E-state index in [1.54, 1.807) is 0 Å². The minimum Gasteiger partial charge on any atom is -0.366 e. The molecule has 0 fully saturated rings. The van der Waals surface area contributed by atoms with Gasteiger partial charge in [-0.15, -0.1) is 0 Å². The molecule has 0 aliphatic carbocycles. The highest BCUT2D eigenvalue weighted by Crippen LogP contribution is 2.41. The van der Waals surface area contributed by atoms with E-state index in [2.05, 4.69) is 63.5 Å². The van der Waals surface area contributed by atoms with E-state index in [1.165, 1.54) is 0 Å². The summed E-state index contributed by atoms with van der Waals surface area (Å²) in [6, 6.07) is 6.31. The van der Waals surface area contributed by atoms with Gasteiger partial charge in [0.15, 0.2) is 17.5 Å². The van der Waals surface area contributed by atoms with Gasteiger partial charge in [0.1, 0.15) is 0 Å². The first-order chi connectivity index (χ1) is 12.7. The lowest BCUT2D eigenvalue weighted by molar-refractivity contribution is 0.607. The second kappa shape index (κ2) is 9.17. The summed E-state index contributed by atoms with van der Waals surface area (Å²) >= 11 is 39.3. The quantitative estimate of drug-likeness (QED) is 0.356. The Morgan fingerprint density at radius 1 is 0.821 bits per heavy atom. The maximum Gasteiger partial charge on any atom is 0.250 e. The summed E-state index contributed by atoms with van der Waals surface area (Å²) in [5, 5.41) is 0. The van der Waals surface area contributed by atoms with Crippen molar-refractivity contribution in [1.82, 2.24) is 15.0 Å². The molecule has 0 amide bonds. The molecular formula is C17H17BrCl6N4. The van der Waals surface area contributed by atoms with Crippen LogP contribution in [0, 0.1) is 0 Å². The van der Waals surface area contributed by atoms with Crippen molar-refractivity contribution < 1.29 is 0 Å². The number of nitrogens with zero attached hydrogens (tertiary/aromatic N) is 4. The van der Waals surface area contributed by atoms with Crippen molar-refractivity contribution in [3.8, 4) is 11.4 Å². The van der Waals surface area contributed by atoms with Gasteiger partial charge in [-0.2, -0.15) is 0 Å². The average molecular weight is 570 g/mol. The molecule has 0 unspecified atom stereocenters. The van der Waals surface area contributed by atoms with Crippen LogP contribution in [0.5, 0.6) is 0 Å². The van der Waals surface area contributed by atoms with Gasteiger partial charge in [-0.05, 0) is 61.8 Å². The van der Waals surface area contributed by atoms with Gasteiger partial charge in [-0.25, -0.2) is 15.0 Å². The second-order valence-corrected chi connectivity index (χ2v) is 12.0. The number of hydrogen-bond acceptors (Lipinski definition) is 4. The van der Waals surface area contributed by atoms with Crippen LogP contribution in [0.3, 0.4) is 0 Å². The van der Waals surface area contributed by atoms with Gasteiger partial charge in [-0.1, -0.05) is 69.6 Å². The van der Waals surface area contributed by atoms with Crippen LogP contribution in [0.15, 0.2) is 22.7 Å². The van der Waals surface area contributed by atoms with E-state index in [-0.39, 0.29) is 17.5 Å². The highest BCUT2D eigenvalue weighted by atomic mass is 79.9. The molecule has 0 N–H and O–H groups in total. The minimum absolute atomic E-state index is 0.130. The molecule has 0 saturated carbocycles. The summed E-state index contributed by atoms with van der Waals surface area (Å²) < 4.78 is -2.93. The van der Waals surface area contributed by atoms with Crippen LogP contribution >= 0.6 is 85.5 Å². The van der Waals surface area contributed by atoms with Crippen molar-refractivity contribution in [1.29, 1.82) is 0 Å². The van der Waals surface area contributed by atoms with E-state index in [0.29, 0.717) is 17.6 Å². The number of hydrogen-bond donors (Lipinski definition) is 0. The topological polar surface area (TPSA) is 41.9 Å².